The van der Waals surface area contributed by atoms with E-state index in [2.05, 4.69) is 193 Å². The lowest BCUT2D eigenvalue weighted by molar-refractivity contribution is 0.441. The minimum Gasteiger partial charge on any atom is -0.456 e. The molecule has 3 heteroatoms. The highest BCUT2D eigenvalue weighted by molar-refractivity contribution is 6.00. The molecule has 9 aromatic carbocycles. The fourth-order valence-electron chi connectivity index (χ4n) is 9.25. The molecule has 0 N–H and O–H groups in total. The van der Waals surface area contributed by atoms with Crippen LogP contribution in [-0.2, 0) is 5.41 Å². The zero-order valence-electron chi connectivity index (χ0n) is 30.9. The van der Waals surface area contributed by atoms with E-state index in [1.54, 1.807) is 0 Å². The highest BCUT2D eigenvalue weighted by Crippen LogP contribution is 2.64. The van der Waals surface area contributed by atoms with E-state index >= 15 is 0 Å². The SMILES string of the molecule is N#Cc1ccc(-c2ccc(N(c3ccc(-c4ccccc4)cc3)c3cccc4c3-c3ccccc3C43c4ccccc4Oc4c3ccc3ccccc43)cc2)cc1. The smallest absolute Gasteiger partial charge is 0.140 e. The van der Waals surface area contributed by atoms with Gasteiger partial charge in [0.1, 0.15) is 11.5 Å². The van der Waals surface area contributed by atoms with E-state index in [9.17, 15) is 5.26 Å². The van der Waals surface area contributed by atoms with Gasteiger partial charge in [0.2, 0.25) is 0 Å². The lowest BCUT2D eigenvalue weighted by atomic mass is 9.65. The quantitative estimate of drug-likeness (QED) is 0.177. The normalized spacial score (nSPS) is 14.5. The molecule has 1 heterocycles. The van der Waals surface area contributed by atoms with Crippen LogP contribution in [0, 0.1) is 11.3 Å². The first-order chi connectivity index (χ1) is 28.2. The Morgan fingerprint density at radius 3 is 1.74 bits per heavy atom. The van der Waals surface area contributed by atoms with Crippen LogP contribution >= 0.6 is 0 Å². The minimum atomic E-state index is -0.613. The maximum atomic E-state index is 9.38. The molecule has 0 bridgehead atoms. The summed E-state index contributed by atoms with van der Waals surface area (Å²) in [5, 5.41) is 11.6. The summed E-state index contributed by atoms with van der Waals surface area (Å²) in [4.78, 5) is 2.40. The Bertz CT molecular complexity index is 3030. The molecule has 1 atom stereocenters. The molecule has 0 saturated carbocycles. The van der Waals surface area contributed by atoms with Gasteiger partial charge >= 0.3 is 0 Å². The molecule has 1 aliphatic heterocycles. The van der Waals surface area contributed by atoms with Gasteiger partial charge in [0.15, 0.2) is 0 Å². The highest BCUT2D eigenvalue weighted by atomic mass is 16.5. The number of rotatable bonds is 5. The van der Waals surface area contributed by atoms with E-state index in [1.165, 1.54) is 33.4 Å². The molecule has 0 fully saturated rings. The van der Waals surface area contributed by atoms with E-state index in [0.29, 0.717) is 5.56 Å². The van der Waals surface area contributed by atoms with E-state index in [0.717, 1.165) is 61.6 Å². The number of nitrogens with zero attached hydrogens (tertiary/aromatic N) is 2. The summed E-state index contributed by atoms with van der Waals surface area (Å²) >= 11 is 0. The van der Waals surface area contributed by atoms with Crippen molar-refractivity contribution in [3.8, 4) is 50.9 Å². The van der Waals surface area contributed by atoms with Crippen molar-refractivity contribution in [2.75, 3.05) is 4.90 Å². The second-order valence-corrected chi connectivity index (χ2v) is 14.7. The van der Waals surface area contributed by atoms with Crippen LogP contribution in [0.3, 0.4) is 0 Å². The lowest BCUT2D eigenvalue weighted by Gasteiger charge is -2.40. The molecule has 1 aliphatic carbocycles. The average molecular weight is 727 g/mol. The largest absolute Gasteiger partial charge is 0.456 e. The first-order valence-corrected chi connectivity index (χ1v) is 19.3. The molecule has 0 amide bonds. The molecule has 0 radical (unpaired) electrons. The molecular weight excluding hydrogens is 693 g/mol. The Hall–Kier alpha value is -7.67. The van der Waals surface area contributed by atoms with Gasteiger partial charge in [-0.05, 0) is 92.9 Å². The topological polar surface area (TPSA) is 36.3 Å². The van der Waals surface area contributed by atoms with Gasteiger partial charge in [0, 0.05) is 33.5 Å². The standard InChI is InChI=1S/C54H34N2O/c55-35-36-21-23-38(24-22-36)40-27-32-43(33-28-40)56(42-30-25-39(26-31-42)37-11-2-1-3-12-37)50-19-10-18-48-52(50)45-15-6-7-16-46(45)54(48)47-17-8-9-20-51(47)57-53-44-14-5-4-13-41(44)29-34-49(53)54/h1-34H. The number of hydrogen-bond donors (Lipinski definition) is 0. The zero-order chi connectivity index (χ0) is 37.9. The van der Waals surface area contributed by atoms with Crippen LogP contribution in [0.4, 0.5) is 17.1 Å². The summed E-state index contributed by atoms with van der Waals surface area (Å²) in [7, 11) is 0. The maximum absolute atomic E-state index is 9.38. The third kappa shape index (κ3) is 4.98. The molecule has 1 spiro atoms. The average Bonchev–Trinajstić information content (AvgIpc) is 3.58. The molecule has 2 aliphatic rings. The van der Waals surface area contributed by atoms with E-state index in [4.69, 9.17) is 4.74 Å². The number of hydrogen-bond acceptors (Lipinski definition) is 3. The first kappa shape index (κ1) is 32.7. The number of para-hydroxylation sites is 1. The predicted molar refractivity (Wildman–Crippen MR) is 232 cm³/mol. The van der Waals surface area contributed by atoms with Gasteiger partial charge in [0.05, 0.1) is 22.7 Å². The van der Waals surface area contributed by atoms with Crippen molar-refractivity contribution in [3.63, 3.8) is 0 Å². The van der Waals surface area contributed by atoms with Crippen LogP contribution in [-0.4, -0.2) is 0 Å². The van der Waals surface area contributed by atoms with E-state index < -0.39 is 5.41 Å². The van der Waals surface area contributed by atoms with Crippen molar-refractivity contribution >= 4 is 27.8 Å². The van der Waals surface area contributed by atoms with Crippen LogP contribution < -0.4 is 9.64 Å². The number of fused-ring (bicyclic) bond motifs is 11. The van der Waals surface area contributed by atoms with E-state index in [1.807, 2.05) is 24.3 Å². The van der Waals surface area contributed by atoms with Gasteiger partial charge < -0.3 is 9.64 Å². The molecule has 0 saturated heterocycles. The second kappa shape index (κ2) is 13.0. The summed E-state index contributed by atoms with van der Waals surface area (Å²) in [6, 6.07) is 75.6. The van der Waals surface area contributed by atoms with Crippen LogP contribution in [0.1, 0.15) is 27.8 Å². The highest BCUT2D eigenvalue weighted by Gasteiger charge is 2.52. The Kier molecular flexibility index (Phi) is 7.45. The maximum Gasteiger partial charge on any atom is 0.140 e. The van der Waals surface area contributed by atoms with Gasteiger partial charge in [-0.15, -0.1) is 0 Å². The summed E-state index contributed by atoms with van der Waals surface area (Å²) in [5.74, 6) is 1.78. The Morgan fingerprint density at radius 2 is 1.02 bits per heavy atom. The lowest BCUT2D eigenvalue weighted by Crippen LogP contribution is -2.32. The number of anilines is 3. The fraction of sp³-hybridized carbons (Fsp3) is 0.0185. The minimum absolute atomic E-state index is 0.613. The second-order valence-electron chi connectivity index (χ2n) is 14.7. The Balaban J connectivity index is 1.16. The zero-order valence-corrected chi connectivity index (χ0v) is 30.9. The van der Waals surface area contributed by atoms with Crippen molar-refractivity contribution in [2.45, 2.75) is 5.41 Å². The summed E-state index contributed by atoms with van der Waals surface area (Å²) in [5.41, 5.74) is 14.9. The number of nitriles is 1. The number of ether oxygens (including phenoxy) is 1. The first-order valence-electron chi connectivity index (χ1n) is 19.3. The molecule has 11 rings (SSSR count). The van der Waals surface area contributed by atoms with E-state index in [-0.39, 0.29) is 0 Å². The molecule has 3 nitrogen and oxygen atoms in total. The van der Waals surface area contributed by atoms with Crippen molar-refractivity contribution in [1.29, 1.82) is 5.26 Å². The predicted octanol–water partition coefficient (Wildman–Crippen LogP) is 14.0. The Labute approximate surface area is 331 Å². The van der Waals surface area contributed by atoms with Gasteiger partial charge in [-0.25, -0.2) is 0 Å². The monoisotopic (exact) mass is 726 g/mol. The summed E-state index contributed by atoms with van der Waals surface area (Å²) in [6.45, 7) is 0. The van der Waals surface area contributed by atoms with Crippen LogP contribution in [0.25, 0.3) is 44.2 Å². The molecule has 57 heavy (non-hydrogen) atoms. The van der Waals surface area contributed by atoms with Gasteiger partial charge in [-0.1, -0.05) is 158 Å². The molecular formula is C54H34N2O. The third-order valence-corrected chi connectivity index (χ3v) is 11.8. The number of benzene rings is 9. The fourth-order valence-corrected chi connectivity index (χ4v) is 9.25. The van der Waals surface area contributed by atoms with Crippen molar-refractivity contribution in [2.24, 2.45) is 0 Å². The van der Waals surface area contributed by atoms with Crippen LogP contribution in [0.5, 0.6) is 11.5 Å². The van der Waals surface area contributed by atoms with Gasteiger partial charge in [-0.2, -0.15) is 5.26 Å². The Morgan fingerprint density at radius 1 is 0.439 bits per heavy atom. The van der Waals surface area contributed by atoms with Gasteiger partial charge in [-0.3, -0.25) is 0 Å². The summed E-state index contributed by atoms with van der Waals surface area (Å²) in [6.07, 6.45) is 0. The summed E-state index contributed by atoms with van der Waals surface area (Å²) < 4.78 is 6.91. The van der Waals surface area contributed by atoms with Crippen molar-refractivity contribution in [1.82, 2.24) is 0 Å². The molecule has 1 unspecified atom stereocenters. The molecule has 0 aromatic heterocycles. The van der Waals surface area contributed by atoms with Crippen molar-refractivity contribution < 1.29 is 4.74 Å². The third-order valence-electron chi connectivity index (χ3n) is 11.8. The van der Waals surface area contributed by atoms with Gasteiger partial charge in [0.25, 0.3) is 0 Å². The molecule has 9 aromatic rings. The van der Waals surface area contributed by atoms with Crippen LogP contribution in [0.15, 0.2) is 206 Å². The van der Waals surface area contributed by atoms with Crippen molar-refractivity contribution in [3.05, 3.63) is 234 Å². The van der Waals surface area contributed by atoms with Crippen LogP contribution in [0.2, 0.25) is 0 Å². The molecule has 266 valence electrons.